The van der Waals surface area contributed by atoms with Gasteiger partial charge in [0.05, 0.1) is 11.1 Å². The van der Waals surface area contributed by atoms with Gasteiger partial charge in [0.25, 0.3) is 0 Å². The van der Waals surface area contributed by atoms with E-state index < -0.39 is 0 Å². The number of terminal acetylenes is 1. The average molecular weight is 310 g/mol. The molecule has 2 nitrogen and oxygen atoms in total. The number of nitrogens with zero attached hydrogens (tertiary/aromatic N) is 2. The third-order valence-electron chi connectivity index (χ3n) is 3.30. The van der Waals surface area contributed by atoms with Crippen LogP contribution in [0.2, 0.25) is 0 Å². The summed E-state index contributed by atoms with van der Waals surface area (Å²) >= 11 is 3.24. The molecule has 104 valence electrons. The molecule has 2 heterocycles. The van der Waals surface area contributed by atoms with Gasteiger partial charge in [-0.15, -0.1) is 17.8 Å². The molecule has 21 heavy (non-hydrogen) atoms. The fourth-order valence-electron chi connectivity index (χ4n) is 2.20. The third-order valence-corrected chi connectivity index (χ3v) is 5.08. The SMILES string of the molecule is C#CCSc1ncnc2scc(-c3ccc(CC)cc3)c12. The zero-order chi connectivity index (χ0) is 14.7. The van der Waals surface area contributed by atoms with Crippen molar-refractivity contribution in [3.63, 3.8) is 0 Å². The van der Waals surface area contributed by atoms with E-state index in [4.69, 9.17) is 6.42 Å². The van der Waals surface area contributed by atoms with Gasteiger partial charge in [-0.05, 0) is 17.5 Å². The molecule has 2 aromatic heterocycles. The lowest BCUT2D eigenvalue weighted by Gasteiger charge is -2.04. The lowest BCUT2D eigenvalue weighted by Crippen LogP contribution is -1.87. The van der Waals surface area contributed by atoms with Crippen molar-refractivity contribution in [1.82, 2.24) is 9.97 Å². The second kappa shape index (κ2) is 6.30. The lowest BCUT2D eigenvalue weighted by molar-refractivity contribution is 1.11. The smallest absolute Gasteiger partial charge is 0.128 e. The van der Waals surface area contributed by atoms with Crippen LogP contribution in [0.3, 0.4) is 0 Å². The van der Waals surface area contributed by atoms with Crippen LogP contribution in [-0.2, 0) is 6.42 Å². The van der Waals surface area contributed by atoms with Crippen LogP contribution in [0.1, 0.15) is 12.5 Å². The van der Waals surface area contributed by atoms with Crippen LogP contribution in [0.25, 0.3) is 21.3 Å². The zero-order valence-corrected chi connectivity index (χ0v) is 13.3. The maximum Gasteiger partial charge on any atom is 0.128 e. The highest BCUT2D eigenvalue weighted by Crippen LogP contribution is 2.37. The maximum absolute atomic E-state index is 5.37. The molecular weight excluding hydrogens is 296 g/mol. The van der Waals surface area contributed by atoms with Gasteiger partial charge in [0.2, 0.25) is 0 Å². The number of hydrogen-bond acceptors (Lipinski definition) is 4. The van der Waals surface area contributed by atoms with Gasteiger partial charge in [-0.3, -0.25) is 0 Å². The van der Waals surface area contributed by atoms with Gasteiger partial charge in [0.1, 0.15) is 16.2 Å². The molecule has 3 aromatic rings. The van der Waals surface area contributed by atoms with Crippen LogP contribution < -0.4 is 0 Å². The number of hydrogen-bond donors (Lipinski definition) is 0. The largest absolute Gasteiger partial charge is 0.229 e. The maximum atomic E-state index is 5.37. The van der Waals surface area contributed by atoms with Crippen molar-refractivity contribution in [2.24, 2.45) is 0 Å². The van der Waals surface area contributed by atoms with E-state index >= 15 is 0 Å². The van der Waals surface area contributed by atoms with E-state index in [-0.39, 0.29) is 0 Å². The standard InChI is InChI=1S/C17H14N2S2/c1-3-9-20-16-15-14(10-21-17(15)19-11-18-16)13-7-5-12(4-2)6-8-13/h1,5-8,10-11H,4,9H2,2H3. The molecule has 0 aliphatic rings. The van der Waals surface area contributed by atoms with Crippen LogP contribution in [-0.4, -0.2) is 15.7 Å². The van der Waals surface area contributed by atoms with E-state index in [9.17, 15) is 0 Å². The van der Waals surface area contributed by atoms with Gasteiger partial charge in [0, 0.05) is 10.9 Å². The summed E-state index contributed by atoms with van der Waals surface area (Å²) in [6, 6.07) is 8.69. The van der Waals surface area contributed by atoms with Gasteiger partial charge < -0.3 is 0 Å². The molecule has 0 fully saturated rings. The number of benzene rings is 1. The molecule has 0 saturated heterocycles. The van der Waals surface area contributed by atoms with Crippen LogP contribution in [0.15, 0.2) is 41.0 Å². The number of aromatic nitrogens is 2. The van der Waals surface area contributed by atoms with E-state index in [2.05, 4.69) is 52.5 Å². The molecule has 0 bridgehead atoms. The van der Waals surface area contributed by atoms with E-state index in [0.717, 1.165) is 21.7 Å². The number of rotatable bonds is 4. The van der Waals surface area contributed by atoms with Crippen molar-refractivity contribution in [3.05, 3.63) is 41.5 Å². The Kier molecular flexibility index (Phi) is 4.23. The van der Waals surface area contributed by atoms with Crippen LogP contribution >= 0.6 is 23.1 Å². The van der Waals surface area contributed by atoms with Gasteiger partial charge in [-0.25, -0.2) is 9.97 Å². The van der Waals surface area contributed by atoms with Gasteiger partial charge in [-0.2, -0.15) is 0 Å². The quantitative estimate of drug-likeness (QED) is 0.399. The summed E-state index contributed by atoms with van der Waals surface area (Å²) in [5.41, 5.74) is 3.74. The van der Waals surface area contributed by atoms with Crippen molar-refractivity contribution < 1.29 is 0 Å². The summed E-state index contributed by atoms with van der Waals surface area (Å²) in [6.45, 7) is 2.16. The highest BCUT2D eigenvalue weighted by molar-refractivity contribution is 7.99. The van der Waals surface area contributed by atoms with Gasteiger partial charge in [-0.1, -0.05) is 48.9 Å². The van der Waals surface area contributed by atoms with Crippen molar-refractivity contribution in [2.75, 3.05) is 5.75 Å². The molecule has 1 aromatic carbocycles. The number of aryl methyl sites for hydroxylation is 1. The topological polar surface area (TPSA) is 25.8 Å². The molecule has 4 heteroatoms. The molecule has 0 radical (unpaired) electrons. The Morgan fingerprint density at radius 1 is 1.24 bits per heavy atom. The van der Waals surface area contributed by atoms with Crippen molar-refractivity contribution >= 4 is 33.3 Å². The van der Waals surface area contributed by atoms with Gasteiger partial charge >= 0.3 is 0 Å². The number of thiophene rings is 1. The fraction of sp³-hybridized carbons (Fsp3) is 0.176. The number of thioether (sulfide) groups is 1. The van der Waals surface area contributed by atoms with E-state index in [1.807, 2.05) is 0 Å². The summed E-state index contributed by atoms with van der Waals surface area (Å²) < 4.78 is 0. The molecule has 0 spiro atoms. The summed E-state index contributed by atoms with van der Waals surface area (Å²) in [6.07, 6.45) is 8.03. The van der Waals surface area contributed by atoms with Gasteiger partial charge in [0.15, 0.2) is 0 Å². The molecular formula is C17H14N2S2. The Balaban J connectivity index is 2.11. The molecule has 0 unspecified atom stereocenters. The molecule has 0 saturated carbocycles. The Morgan fingerprint density at radius 3 is 2.76 bits per heavy atom. The van der Waals surface area contributed by atoms with E-state index in [1.54, 1.807) is 29.4 Å². The normalized spacial score (nSPS) is 10.7. The van der Waals surface area contributed by atoms with Crippen molar-refractivity contribution in [3.8, 4) is 23.5 Å². The van der Waals surface area contributed by atoms with E-state index in [1.165, 1.54) is 16.7 Å². The second-order valence-corrected chi connectivity index (χ2v) is 6.37. The Bertz CT molecular complexity index is 798. The summed E-state index contributed by atoms with van der Waals surface area (Å²) in [5, 5.41) is 4.24. The molecule has 0 aliphatic carbocycles. The summed E-state index contributed by atoms with van der Waals surface area (Å²) in [5.74, 6) is 3.27. The Hall–Kier alpha value is -1.83. The second-order valence-electron chi connectivity index (χ2n) is 4.55. The lowest BCUT2D eigenvalue weighted by atomic mass is 10.0. The van der Waals surface area contributed by atoms with Crippen LogP contribution in [0.4, 0.5) is 0 Å². The summed E-state index contributed by atoms with van der Waals surface area (Å²) in [7, 11) is 0. The molecule has 3 rings (SSSR count). The summed E-state index contributed by atoms with van der Waals surface area (Å²) in [4.78, 5) is 9.78. The molecule has 0 aliphatic heterocycles. The first kappa shape index (κ1) is 14.1. The molecule has 0 N–H and O–H groups in total. The highest BCUT2D eigenvalue weighted by atomic mass is 32.2. The molecule has 0 amide bonds. The first-order valence-corrected chi connectivity index (χ1v) is 8.57. The van der Waals surface area contributed by atoms with Crippen molar-refractivity contribution in [2.45, 2.75) is 18.4 Å². The predicted molar refractivity (Wildman–Crippen MR) is 91.8 cm³/mol. The predicted octanol–water partition coefficient (Wildman–Crippen LogP) is 4.65. The first-order valence-electron chi connectivity index (χ1n) is 6.71. The number of fused-ring (bicyclic) bond motifs is 1. The fourth-order valence-corrected chi connectivity index (χ4v) is 3.87. The zero-order valence-electron chi connectivity index (χ0n) is 11.7. The Morgan fingerprint density at radius 2 is 2.05 bits per heavy atom. The third kappa shape index (κ3) is 2.80. The Labute approximate surface area is 132 Å². The highest BCUT2D eigenvalue weighted by Gasteiger charge is 2.13. The van der Waals surface area contributed by atoms with Crippen molar-refractivity contribution in [1.29, 1.82) is 0 Å². The first-order chi connectivity index (χ1) is 10.3. The van der Waals surface area contributed by atoms with Crippen LogP contribution in [0, 0.1) is 12.3 Å². The average Bonchev–Trinajstić information content (AvgIpc) is 2.97. The molecule has 0 atom stereocenters. The monoisotopic (exact) mass is 310 g/mol. The minimum Gasteiger partial charge on any atom is -0.229 e. The minimum absolute atomic E-state index is 0.621. The van der Waals surface area contributed by atoms with E-state index in [0.29, 0.717) is 5.75 Å². The van der Waals surface area contributed by atoms with Crippen LogP contribution in [0.5, 0.6) is 0 Å². The minimum atomic E-state index is 0.621.